The van der Waals surface area contributed by atoms with Gasteiger partial charge >= 0.3 is 0 Å². The summed E-state index contributed by atoms with van der Waals surface area (Å²) in [5, 5.41) is 8.26. The Labute approximate surface area is 153 Å². The van der Waals surface area contributed by atoms with Crippen LogP contribution in [0.5, 0.6) is 0 Å². The minimum Gasteiger partial charge on any atom is -0.252 e. The maximum Gasteiger partial charge on any atom is 0.124 e. The number of aryl methyl sites for hydroxylation is 1. The summed E-state index contributed by atoms with van der Waals surface area (Å²) in [6.45, 7) is 1.97. The van der Waals surface area contributed by atoms with Gasteiger partial charge in [-0.15, -0.1) is 0 Å². The van der Waals surface area contributed by atoms with E-state index < -0.39 is 0 Å². The van der Waals surface area contributed by atoms with Crippen LogP contribution in [0.15, 0.2) is 60.7 Å². The van der Waals surface area contributed by atoms with Crippen LogP contribution < -0.4 is 0 Å². The number of rotatable bonds is 0. The van der Waals surface area contributed by atoms with E-state index in [2.05, 4.69) is 12.1 Å². The molecule has 0 aliphatic heterocycles. The fourth-order valence-electron chi connectivity index (χ4n) is 4.53. The van der Waals surface area contributed by atoms with E-state index in [9.17, 15) is 8.78 Å². The molecule has 3 heteroatoms. The third-order valence-electron chi connectivity index (χ3n) is 5.53. The quantitative estimate of drug-likeness (QED) is 0.214. The van der Waals surface area contributed by atoms with Crippen molar-refractivity contribution in [3.63, 3.8) is 0 Å². The van der Waals surface area contributed by atoms with Crippen LogP contribution in [0.4, 0.5) is 8.78 Å². The van der Waals surface area contributed by atoms with Gasteiger partial charge in [-0.1, -0.05) is 24.3 Å². The van der Waals surface area contributed by atoms with E-state index in [0.29, 0.717) is 5.39 Å². The molecule has 0 aliphatic carbocycles. The zero-order chi connectivity index (χ0) is 18.3. The van der Waals surface area contributed by atoms with Gasteiger partial charge in [0.05, 0.1) is 5.52 Å². The van der Waals surface area contributed by atoms with Crippen molar-refractivity contribution in [1.29, 1.82) is 0 Å². The molecule has 0 spiro atoms. The summed E-state index contributed by atoms with van der Waals surface area (Å²) >= 11 is 0. The van der Waals surface area contributed by atoms with Crippen molar-refractivity contribution >= 4 is 54.0 Å². The molecule has 0 amide bonds. The summed E-state index contributed by atoms with van der Waals surface area (Å²) in [6, 6.07) is 17.9. The minimum absolute atomic E-state index is 0.319. The predicted molar refractivity (Wildman–Crippen MR) is 108 cm³/mol. The predicted octanol–water partition coefficient (Wildman–Crippen LogP) is 6.87. The Bertz CT molecular complexity index is 1550. The van der Waals surface area contributed by atoms with Crippen molar-refractivity contribution in [2.45, 2.75) is 6.92 Å². The van der Waals surface area contributed by atoms with Crippen LogP contribution in [0.2, 0.25) is 0 Å². The Morgan fingerprint density at radius 3 is 1.96 bits per heavy atom. The number of fused-ring (bicyclic) bond motifs is 6. The van der Waals surface area contributed by atoms with Crippen LogP contribution in [-0.4, -0.2) is 4.98 Å². The van der Waals surface area contributed by atoms with Crippen LogP contribution >= 0.6 is 0 Å². The molecule has 0 bridgehead atoms. The second-order valence-corrected chi connectivity index (χ2v) is 7.15. The smallest absolute Gasteiger partial charge is 0.124 e. The van der Waals surface area contributed by atoms with E-state index >= 15 is 0 Å². The largest absolute Gasteiger partial charge is 0.252 e. The first-order valence-electron chi connectivity index (χ1n) is 8.87. The van der Waals surface area contributed by atoms with Gasteiger partial charge < -0.3 is 0 Å². The van der Waals surface area contributed by atoms with E-state index in [1.165, 1.54) is 18.2 Å². The number of halogens is 2. The van der Waals surface area contributed by atoms with Gasteiger partial charge in [-0.3, -0.25) is 4.98 Å². The minimum atomic E-state index is -0.334. The summed E-state index contributed by atoms with van der Waals surface area (Å²) in [5.41, 5.74) is 1.75. The highest BCUT2D eigenvalue weighted by Crippen LogP contribution is 2.44. The first-order chi connectivity index (χ1) is 13.1. The molecule has 1 heterocycles. The van der Waals surface area contributed by atoms with Crippen LogP contribution in [-0.2, 0) is 0 Å². The summed E-state index contributed by atoms with van der Waals surface area (Å²) in [4.78, 5) is 4.80. The summed E-state index contributed by atoms with van der Waals surface area (Å²) < 4.78 is 28.6. The van der Waals surface area contributed by atoms with Crippen LogP contribution in [0, 0.1) is 18.6 Å². The molecule has 0 radical (unpaired) electrons. The molecule has 0 saturated carbocycles. The highest BCUT2D eigenvalue weighted by atomic mass is 19.1. The van der Waals surface area contributed by atoms with E-state index in [-0.39, 0.29) is 11.6 Å². The molecular formula is C24H13F2N. The Kier molecular flexibility index (Phi) is 2.68. The van der Waals surface area contributed by atoms with E-state index in [1.807, 2.05) is 25.1 Å². The van der Waals surface area contributed by atoms with Gasteiger partial charge in [-0.2, -0.15) is 0 Å². The average molecular weight is 353 g/mol. The van der Waals surface area contributed by atoms with Gasteiger partial charge in [0.1, 0.15) is 11.6 Å². The van der Waals surface area contributed by atoms with Crippen molar-refractivity contribution in [2.24, 2.45) is 0 Å². The van der Waals surface area contributed by atoms with E-state index in [4.69, 9.17) is 4.98 Å². The molecule has 5 aromatic carbocycles. The average Bonchev–Trinajstić information content (AvgIpc) is 2.66. The highest BCUT2D eigenvalue weighted by Gasteiger charge is 2.19. The third kappa shape index (κ3) is 1.83. The monoisotopic (exact) mass is 353 g/mol. The number of hydrogen-bond acceptors (Lipinski definition) is 1. The Morgan fingerprint density at radius 2 is 1.22 bits per heavy atom. The molecule has 0 unspecified atom stereocenters. The second kappa shape index (κ2) is 4.89. The van der Waals surface area contributed by atoms with Gasteiger partial charge in [0.15, 0.2) is 0 Å². The van der Waals surface area contributed by atoms with Gasteiger partial charge in [0.25, 0.3) is 0 Å². The van der Waals surface area contributed by atoms with Gasteiger partial charge in [-0.25, -0.2) is 8.78 Å². The summed E-state index contributed by atoms with van der Waals surface area (Å²) in [6.07, 6.45) is 0. The first-order valence-corrected chi connectivity index (χ1v) is 8.87. The molecule has 0 aliphatic rings. The zero-order valence-electron chi connectivity index (χ0n) is 14.5. The second-order valence-electron chi connectivity index (χ2n) is 7.15. The molecule has 6 rings (SSSR count). The maximum absolute atomic E-state index is 14.6. The molecule has 0 saturated heterocycles. The molecular weight excluding hydrogens is 340 g/mol. The number of benzene rings is 5. The molecule has 1 nitrogen and oxygen atoms in total. The Hall–Kier alpha value is -3.33. The molecule has 6 aromatic rings. The first kappa shape index (κ1) is 14.8. The number of nitrogens with zero attached hydrogens (tertiary/aromatic N) is 1. The lowest BCUT2D eigenvalue weighted by atomic mass is 9.87. The van der Waals surface area contributed by atoms with Gasteiger partial charge in [-0.05, 0) is 75.6 Å². The van der Waals surface area contributed by atoms with Crippen LogP contribution in [0.25, 0.3) is 54.0 Å². The van der Waals surface area contributed by atoms with Crippen LogP contribution in [0.3, 0.4) is 0 Å². The number of aromatic nitrogens is 1. The normalized spacial score (nSPS) is 12.3. The molecule has 0 atom stereocenters. The zero-order valence-corrected chi connectivity index (χ0v) is 14.5. The lowest BCUT2D eigenvalue weighted by Gasteiger charge is -2.17. The fraction of sp³-hybridized carbons (Fsp3) is 0.0417. The Balaban J connectivity index is 2.13. The SMILES string of the molecule is Cc1cc2c3ccccc3c3cc(F)cc4c5cc(F)ccc5c(n1)c2c34. The van der Waals surface area contributed by atoms with Crippen molar-refractivity contribution in [1.82, 2.24) is 4.98 Å². The molecule has 0 fully saturated rings. The van der Waals surface area contributed by atoms with Gasteiger partial charge in [0, 0.05) is 21.9 Å². The maximum atomic E-state index is 14.6. The molecule has 128 valence electrons. The standard InChI is InChI=1S/C24H13F2N/c1-12-8-19-15-4-2-3-5-16(15)20-10-14(26)11-21-18-9-13(25)6-7-17(18)24(27-12)23(19)22(20)21/h2-11H,1H3. The fourth-order valence-corrected chi connectivity index (χ4v) is 4.53. The summed E-state index contributed by atoms with van der Waals surface area (Å²) in [7, 11) is 0. The molecule has 27 heavy (non-hydrogen) atoms. The van der Waals surface area contributed by atoms with Crippen molar-refractivity contribution in [2.75, 3.05) is 0 Å². The third-order valence-corrected chi connectivity index (χ3v) is 5.53. The lowest BCUT2D eigenvalue weighted by Crippen LogP contribution is -1.94. The lowest BCUT2D eigenvalue weighted by molar-refractivity contribution is 0.629. The van der Waals surface area contributed by atoms with Crippen molar-refractivity contribution in [3.05, 3.63) is 78.0 Å². The highest BCUT2D eigenvalue weighted by molar-refractivity contribution is 6.39. The molecule has 1 aromatic heterocycles. The van der Waals surface area contributed by atoms with Crippen molar-refractivity contribution < 1.29 is 8.78 Å². The van der Waals surface area contributed by atoms with Crippen LogP contribution in [0.1, 0.15) is 5.69 Å². The summed E-state index contributed by atoms with van der Waals surface area (Å²) in [5.74, 6) is -0.653. The Morgan fingerprint density at radius 1 is 0.593 bits per heavy atom. The molecule has 0 N–H and O–H groups in total. The van der Waals surface area contributed by atoms with E-state index in [0.717, 1.165) is 54.3 Å². The number of hydrogen-bond donors (Lipinski definition) is 0. The topological polar surface area (TPSA) is 12.9 Å². The van der Waals surface area contributed by atoms with Crippen molar-refractivity contribution in [3.8, 4) is 0 Å². The number of pyridine rings is 1. The van der Waals surface area contributed by atoms with Gasteiger partial charge in [0.2, 0.25) is 0 Å². The van der Waals surface area contributed by atoms with E-state index in [1.54, 1.807) is 12.1 Å².